The zero-order valence-corrected chi connectivity index (χ0v) is 14.7. The van der Waals surface area contributed by atoms with Crippen molar-refractivity contribution >= 4 is 29.6 Å². The van der Waals surface area contributed by atoms with Gasteiger partial charge in [-0.2, -0.15) is 5.10 Å². The Morgan fingerprint density at radius 2 is 1.92 bits per heavy atom. The number of carbonyl (C=O) groups excluding carboxylic acids is 2. The molecule has 0 spiro atoms. The summed E-state index contributed by atoms with van der Waals surface area (Å²) < 4.78 is 5.80. The number of hydrogen-bond donors (Lipinski definition) is 2. The van der Waals surface area contributed by atoms with E-state index in [0.29, 0.717) is 22.9 Å². The summed E-state index contributed by atoms with van der Waals surface area (Å²) in [6.07, 6.45) is 3.22. The minimum absolute atomic E-state index is 0.114. The van der Waals surface area contributed by atoms with Gasteiger partial charge in [0.1, 0.15) is 12.4 Å². The molecule has 0 saturated heterocycles. The second-order valence-electron chi connectivity index (χ2n) is 5.90. The van der Waals surface area contributed by atoms with E-state index in [1.165, 1.54) is 6.21 Å². The first-order valence-electron chi connectivity index (χ1n) is 8.22. The third-order valence-corrected chi connectivity index (χ3v) is 3.93. The molecule has 1 aliphatic rings. The lowest BCUT2D eigenvalue weighted by molar-refractivity contribution is -0.139. The highest BCUT2D eigenvalue weighted by Gasteiger charge is 2.26. The topological polar surface area (TPSA) is 79.8 Å². The summed E-state index contributed by atoms with van der Waals surface area (Å²) in [4.78, 5) is 23.2. The van der Waals surface area contributed by atoms with Crippen LogP contribution in [-0.2, 0) is 16.2 Å². The van der Waals surface area contributed by atoms with Crippen LogP contribution in [0.2, 0.25) is 5.02 Å². The number of benzene rings is 2. The summed E-state index contributed by atoms with van der Waals surface area (Å²) in [6, 6.07) is 15.0. The molecule has 1 fully saturated rings. The number of amides is 2. The molecule has 1 saturated carbocycles. The molecule has 134 valence electrons. The van der Waals surface area contributed by atoms with E-state index in [0.717, 1.165) is 18.4 Å². The Hall–Kier alpha value is -2.86. The molecule has 0 radical (unpaired) electrons. The summed E-state index contributed by atoms with van der Waals surface area (Å²) in [7, 11) is 0. The van der Waals surface area contributed by atoms with Crippen LogP contribution in [0.1, 0.15) is 24.0 Å². The Bertz CT molecular complexity index is 820. The van der Waals surface area contributed by atoms with Gasteiger partial charge in [0, 0.05) is 16.6 Å². The van der Waals surface area contributed by atoms with Crippen molar-refractivity contribution in [3.8, 4) is 5.75 Å². The number of halogens is 1. The van der Waals surface area contributed by atoms with Crippen molar-refractivity contribution in [3.05, 3.63) is 64.7 Å². The fourth-order valence-corrected chi connectivity index (χ4v) is 2.36. The zero-order valence-electron chi connectivity index (χ0n) is 13.9. The van der Waals surface area contributed by atoms with Gasteiger partial charge in [-0.05, 0) is 36.6 Å². The maximum atomic E-state index is 11.7. The Labute approximate surface area is 156 Å². The first-order chi connectivity index (χ1) is 12.6. The molecule has 1 aliphatic carbocycles. The van der Waals surface area contributed by atoms with Crippen LogP contribution in [0.15, 0.2) is 53.6 Å². The van der Waals surface area contributed by atoms with Gasteiger partial charge < -0.3 is 10.1 Å². The molecular formula is C19H18ClN3O3. The third kappa shape index (κ3) is 5.32. The summed E-state index contributed by atoms with van der Waals surface area (Å²) in [5, 5.41) is 6.92. The Kier molecular flexibility index (Phi) is 5.86. The molecule has 0 heterocycles. The number of nitrogens with zero attached hydrogens (tertiary/aromatic N) is 1. The van der Waals surface area contributed by atoms with Crippen LogP contribution in [0.25, 0.3) is 0 Å². The van der Waals surface area contributed by atoms with E-state index in [4.69, 9.17) is 16.3 Å². The van der Waals surface area contributed by atoms with E-state index in [1.807, 2.05) is 30.3 Å². The average molecular weight is 372 g/mol. The Morgan fingerprint density at radius 3 is 2.65 bits per heavy atom. The molecule has 0 aromatic heterocycles. The van der Waals surface area contributed by atoms with Crippen LogP contribution in [0, 0.1) is 0 Å². The third-order valence-electron chi connectivity index (χ3n) is 3.70. The largest absolute Gasteiger partial charge is 0.488 e. The minimum Gasteiger partial charge on any atom is -0.488 e. The van der Waals surface area contributed by atoms with Crippen LogP contribution in [-0.4, -0.2) is 24.1 Å². The monoisotopic (exact) mass is 371 g/mol. The first-order valence-corrected chi connectivity index (χ1v) is 8.60. The fraction of sp³-hybridized carbons (Fsp3) is 0.211. The van der Waals surface area contributed by atoms with E-state index in [2.05, 4.69) is 15.8 Å². The van der Waals surface area contributed by atoms with Gasteiger partial charge in [-0.25, -0.2) is 5.43 Å². The van der Waals surface area contributed by atoms with Crippen LogP contribution in [0.3, 0.4) is 0 Å². The van der Waals surface area contributed by atoms with E-state index >= 15 is 0 Å². The predicted octanol–water partition coefficient (Wildman–Crippen LogP) is 2.65. The normalized spacial score (nSPS) is 13.4. The number of rotatable bonds is 6. The Balaban J connectivity index is 1.61. The SMILES string of the molecule is O=C(N/N=C\c1cc(Cl)ccc1OCc1ccccc1)C(=O)NC1CC1. The molecule has 7 heteroatoms. The van der Waals surface area contributed by atoms with Crippen molar-refractivity contribution < 1.29 is 14.3 Å². The van der Waals surface area contributed by atoms with Crippen molar-refractivity contribution in [1.29, 1.82) is 0 Å². The van der Waals surface area contributed by atoms with Crippen molar-refractivity contribution in [1.82, 2.24) is 10.7 Å². The molecule has 26 heavy (non-hydrogen) atoms. The van der Waals surface area contributed by atoms with Crippen LogP contribution in [0.4, 0.5) is 0 Å². The maximum absolute atomic E-state index is 11.7. The zero-order chi connectivity index (χ0) is 18.4. The molecule has 2 aromatic rings. The predicted molar refractivity (Wildman–Crippen MR) is 99.1 cm³/mol. The van der Waals surface area contributed by atoms with E-state index in [1.54, 1.807) is 18.2 Å². The maximum Gasteiger partial charge on any atom is 0.329 e. The lowest BCUT2D eigenvalue weighted by Gasteiger charge is -2.09. The highest BCUT2D eigenvalue weighted by Crippen LogP contribution is 2.22. The molecule has 0 atom stereocenters. The summed E-state index contributed by atoms with van der Waals surface area (Å²) in [6.45, 7) is 0.388. The molecule has 0 bridgehead atoms. The number of hydrazone groups is 1. The van der Waals surface area contributed by atoms with Gasteiger partial charge in [0.05, 0.1) is 6.21 Å². The lowest BCUT2D eigenvalue weighted by atomic mass is 10.2. The van der Waals surface area contributed by atoms with Gasteiger partial charge in [-0.3, -0.25) is 9.59 Å². The van der Waals surface area contributed by atoms with Crippen molar-refractivity contribution in [2.24, 2.45) is 5.10 Å². The standard InChI is InChI=1S/C19H18ClN3O3/c20-15-6-9-17(26-12-13-4-2-1-3-5-13)14(10-15)11-21-23-19(25)18(24)22-16-7-8-16/h1-6,9-11,16H,7-8,12H2,(H,22,24)(H,23,25)/b21-11-. The molecule has 0 aliphatic heterocycles. The number of ether oxygens (including phenoxy) is 1. The van der Waals surface area contributed by atoms with Gasteiger partial charge in [-0.15, -0.1) is 0 Å². The molecule has 2 amide bonds. The van der Waals surface area contributed by atoms with E-state index in [9.17, 15) is 9.59 Å². The molecule has 2 N–H and O–H groups in total. The second-order valence-corrected chi connectivity index (χ2v) is 6.34. The number of nitrogens with one attached hydrogen (secondary N) is 2. The second kappa shape index (κ2) is 8.49. The van der Waals surface area contributed by atoms with E-state index in [-0.39, 0.29) is 6.04 Å². The highest BCUT2D eigenvalue weighted by molar-refractivity contribution is 6.35. The van der Waals surface area contributed by atoms with E-state index < -0.39 is 11.8 Å². The number of hydrogen-bond acceptors (Lipinski definition) is 4. The quantitative estimate of drug-likeness (QED) is 0.465. The molecule has 2 aromatic carbocycles. The Morgan fingerprint density at radius 1 is 1.15 bits per heavy atom. The summed E-state index contributed by atoms with van der Waals surface area (Å²) in [5.41, 5.74) is 3.82. The van der Waals surface area contributed by atoms with Gasteiger partial charge in [-0.1, -0.05) is 41.9 Å². The summed E-state index contributed by atoms with van der Waals surface area (Å²) in [5.74, 6) is -0.920. The van der Waals surface area contributed by atoms with Gasteiger partial charge in [0.2, 0.25) is 0 Å². The first kappa shape index (κ1) is 17.9. The molecule has 3 rings (SSSR count). The van der Waals surface area contributed by atoms with Crippen LogP contribution >= 0.6 is 11.6 Å². The van der Waals surface area contributed by atoms with Crippen LogP contribution < -0.4 is 15.5 Å². The van der Waals surface area contributed by atoms with Crippen molar-refractivity contribution in [2.75, 3.05) is 0 Å². The van der Waals surface area contributed by atoms with Crippen molar-refractivity contribution in [2.45, 2.75) is 25.5 Å². The average Bonchev–Trinajstić information content (AvgIpc) is 3.45. The summed E-state index contributed by atoms with van der Waals surface area (Å²) >= 11 is 6.02. The smallest absolute Gasteiger partial charge is 0.329 e. The van der Waals surface area contributed by atoms with Gasteiger partial charge >= 0.3 is 11.8 Å². The van der Waals surface area contributed by atoms with Crippen LogP contribution in [0.5, 0.6) is 5.75 Å². The fourth-order valence-electron chi connectivity index (χ4n) is 2.18. The van der Waals surface area contributed by atoms with Crippen molar-refractivity contribution in [3.63, 3.8) is 0 Å². The number of carbonyl (C=O) groups is 2. The van der Waals surface area contributed by atoms with Gasteiger partial charge in [0.15, 0.2) is 0 Å². The lowest BCUT2D eigenvalue weighted by Crippen LogP contribution is -2.38. The highest BCUT2D eigenvalue weighted by atomic mass is 35.5. The molecule has 0 unspecified atom stereocenters. The minimum atomic E-state index is -0.804. The van der Waals surface area contributed by atoms with Gasteiger partial charge in [0.25, 0.3) is 0 Å². The molecule has 6 nitrogen and oxygen atoms in total. The molecular weight excluding hydrogens is 354 g/mol.